The predicted octanol–water partition coefficient (Wildman–Crippen LogP) is 2.67. The van der Waals surface area contributed by atoms with Crippen molar-refractivity contribution in [2.24, 2.45) is 0 Å². The molecule has 0 amide bonds. The molecular weight excluding hydrogens is 248 g/mol. The molecule has 2 aromatic heterocycles. The van der Waals surface area contributed by atoms with Crippen molar-refractivity contribution in [3.63, 3.8) is 0 Å². The maximum absolute atomic E-state index is 12.1. The van der Waals surface area contributed by atoms with Crippen LogP contribution >= 0.6 is 11.3 Å². The number of aromatic nitrogens is 2. The van der Waals surface area contributed by atoms with Gasteiger partial charge in [-0.25, -0.2) is 4.98 Å². The van der Waals surface area contributed by atoms with Crippen LogP contribution in [-0.4, -0.2) is 22.4 Å². The molecule has 0 saturated heterocycles. The van der Waals surface area contributed by atoms with Crippen LogP contribution in [0.4, 0.5) is 0 Å². The van der Waals surface area contributed by atoms with Crippen LogP contribution in [0, 0.1) is 6.92 Å². The van der Waals surface area contributed by atoms with Crippen LogP contribution < -0.4 is 4.74 Å². The zero-order valence-corrected chi connectivity index (χ0v) is 11.2. The van der Waals surface area contributed by atoms with E-state index in [4.69, 9.17) is 4.74 Å². The van der Waals surface area contributed by atoms with Crippen molar-refractivity contribution in [1.29, 1.82) is 0 Å². The smallest absolute Gasteiger partial charge is 0.171 e. The van der Waals surface area contributed by atoms with E-state index < -0.39 is 0 Å². The molecule has 0 spiro atoms. The number of rotatable bonds is 5. The van der Waals surface area contributed by atoms with E-state index in [1.54, 1.807) is 18.5 Å². The molecule has 0 unspecified atom stereocenters. The molecule has 0 N–H and O–H groups in total. The Kier molecular flexibility index (Phi) is 4.04. The number of thiazole rings is 1. The van der Waals surface area contributed by atoms with Crippen LogP contribution in [0.25, 0.3) is 0 Å². The Balaban J connectivity index is 2.11. The van der Waals surface area contributed by atoms with E-state index in [9.17, 15) is 4.79 Å². The van der Waals surface area contributed by atoms with Crippen LogP contribution in [0.1, 0.15) is 28.0 Å². The first-order valence-corrected chi connectivity index (χ1v) is 6.59. The van der Waals surface area contributed by atoms with Gasteiger partial charge in [0.25, 0.3) is 0 Å². The molecule has 0 bridgehead atoms. The molecule has 5 heteroatoms. The summed E-state index contributed by atoms with van der Waals surface area (Å²) in [4.78, 5) is 20.3. The maximum Gasteiger partial charge on any atom is 0.171 e. The number of ether oxygens (including phenoxy) is 1. The molecule has 0 atom stereocenters. The first-order valence-electron chi connectivity index (χ1n) is 5.71. The van der Waals surface area contributed by atoms with Gasteiger partial charge in [0.15, 0.2) is 5.78 Å². The number of hydrogen-bond donors (Lipinski definition) is 0. The van der Waals surface area contributed by atoms with Crippen molar-refractivity contribution in [2.45, 2.75) is 20.3 Å². The van der Waals surface area contributed by atoms with Crippen LogP contribution in [-0.2, 0) is 6.42 Å². The third kappa shape index (κ3) is 3.13. The Morgan fingerprint density at radius 3 is 2.94 bits per heavy atom. The second-order valence-electron chi connectivity index (χ2n) is 3.82. The minimum Gasteiger partial charge on any atom is -0.492 e. The molecule has 0 aromatic carbocycles. The zero-order chi connectivity index (χ0) is 13.0. The van der Waals surface area contributed by atoms with Gasteiger partial charge in [0, 0.05) is 22.8 Å². The highest BCUT2D eigenvalue weighted by Gasteiger charge is 2.11. The van der Waals surface area contributed by atoms with Gasteiger partial charge in [-0.15, -0.1) is 11.3 Å². The lowest BCUT2D eigenvalue weighted by Crippen LogP contribution is -2.04. The normalized spacial score (nSPS) is 10.3. The second-order valence-corrected chi connectivity index (χ2v) is 4.77. The molecule has 2 aromatic rings. The number of carbonyl (C=O) groups is 1. The topological polar surface area (TPSA) is 52.1 Å². The fourth-order valence-corrected chi connectivity index (χ4v) is 2.31. The average molecular weight is 262 g/mol. The Morgan fingerprint density at radius 1 is 1.44 bits per heavy atom. The highest BCUT2D eigenvalue weighted by Crippen LogP contribution is 2.15. The summed E-state index contributed by atoms with van der Waals surface area (Å²) < 4.78 is 5.32. The number of hydrogen-bond acceptors (Lipinski definition) is 5. The third-order valence-electron chi connectivity index (χ3n) is 2.32. The highest BCUT2D eigenvalue weighted by atomic mass is 32.1. The van der Waals surface area contributed by atoms with Gasteiger partial charge in [-0.1, -0.05) is 0 Å². The van der Waals surface area contributed by atoms with Gasteiger partial charge in [0.2, 0.25) is 0 Å². The van der Waals surface area contributed by atoms with Crippen molar-refractivity contribution in [1.82, 2.24) is 9.97 Å². The molecule has 0 aliphatic rings. The lowest BCUT2D eigenvalue weighted by molar-refractivity contribution is 0.0992. The van der Waals surface area contributed by atoms with Gasteiger partial charge in [-0.05, 0) is 19.9 Å². The van der Waals surface area contributed by atoms with Crippen molar-refractivity contribution in [3.05, 3.63) is 40.1 Å². The van der Waals surface area contributed by atoms with E-state index in [1.165, 1.54) is 11.3 Å². The molecule has 0 saturated carbocycles. The minimum absolute atomic E-state index is 0.0124. The summed E-state index contributed by atoms with van der Waals surface area (Å²) in [5, 5.41) is 2.77. The van der Waals surface area contributed by atoms with Gasteiger partial charge >= 0.3 is 0 Å². The molecule has 0 radical (unpaired) electrons. The van der Waals surface area contributed by atoms with Crippen LogP contribution in [0.15, 0.2) is 23.8 Å². The molecule has 18 heavy (non-hydrogen) atoms. The van der Waals surface area contributed by atoms with E-state index in [0.29, 0.717) is 24.3 Å². The summed E-state index contributed by atoms with van der Waals surface area (Å²) >= 11 is 1.50. The highest BCUT2D eigenvalue weighted by molar-refractivity contribution is 7.09. The molecule has 0 aliphatic heterocycles. The largest absolute Gasteiger partial charge is 0.492 e. The molecular formula is C13H14N2O2S. The lowest BCUT2D eigenvalue weighted by Gasteiger charge is -2.04. The Hall–Kier alpha value is -1.75. The fraction of sp³-hybridized carbons (Fsp3) is 0.308. The summed E-state index contributed by atoms with van der Waals surface area (Å²) in [5.41, 5.74) is 1.51. The molecule has 0 fully saturated rings. The number of pyridine rings is 1. The molecule has 4 nitrogen and oxygen atoms in total. The van der Waals surface area contributed by atoms with Crippen LogP contribution in [0.5, 0.6) is 5.75 Å². The Bertz CT molecular complexity index is 551. The van der Waals surface area contributed by atoms with E-state index >= 15 is 0 Å². The van der Waals surface area contributed by atoms with Gasteiger partial charge in [-0.2, -0.15) is 0 Å². The van der Waals surface area contributed by atoms with Crippen LogP contribution in [0.2, 0.25) is 0 Å². The van der Waals surface area contributed by atoms with Gasteiger partial charge < -0.3 is 4.74 Å². The van der Waals surface area contributed by atoms with E-state index in [0.717, 1.165) is 10.7 Å². The number of Topliss-reactive ketones (excluding diaryl/α,β-unsaturated/α-hetero) is 1. The molecule has 94 valence electrons. The number of aryl methyl sites for hydroxylation is 1. The SMILES string of the molecule is CCOc1cncc(C(=O)Cc2nc(C)cs2)c1. The average Bonchev–Trinajstić information content (AvgIpc) is 2.75. The van der Waals surface area contributed by atoms with Crippen LogP contribution in [0.3, 0.4) is 0 Å². The predicted molar refractivity (Wildman–Crippen MR) is 70.3 cm³/mol. The molecule has 0 aliphatic carbocycles. The zero-order valence-electron chi connectivity index (χ0n) is 10.3. The first-order chi connectivity index (χ1) is 8.69. The van der Waals surface area contributed by atoms with Gasteiger partial charge in [0.1, 0.15) is 10.8 Å². The molecule has 2 rings (SSSR count). The lowest BCUT2D eigenvalue weighted by atomic mass is 10.1. The Morgan fingerprint density at radius 2 is 2.28 bits per heavy atom. The van der Waals surface area contributed by atoms with Crippen molar-refractivity contribution in [3.8, 4) is 5.75 Å². The van der Waals surface area contributed by atoms with Crippen molar-refractivity contribution < 1.29 is 9.53 Å². The van der Waals surface area contributed by atoms with E-state index in [1.807, 2.05) is 19.2 Å². The molecule has 2 heterocycles. The standard InChI is InChI=1S/C13H14N2O2S/c1-3-17-11-4-10(6-14-7-11)12(16)5-13-15-9(2)8-18-13/h4,6-8H,3,5H2,1-2H3. The fourth-order valence-electron chi connectivity index (χ4n) is 1.54. The van der Waals surface area contributed by atoms with E-state index in [-0.39, 0.29) is 5.78 Å². The summed E-state index contributed by atoms with van der Waals surface area (Å²) in [7, 11) is 0. The van der Waals surface area contributed by atoms with E-state index in [2.05, 4.69) is 9.97 Å². The van der Waals surface area contributed by atoms with Gasteiger partial charge in [0.05, 0.1) is 19.2 Å². The quantitative estimate of drug-likeness (QED) is 0.777. The minimum atomic E-state index is 0.0124. The van der Waals surface area contributed by atoms with Gasteiger partial charge in [-0.3, -0.25) is 9.78 Å². The number of nitrogens with zero attached hydrogens (tertiary/aromatic N) is 2. The number of ketones is 1. The Labute approximate surface area is 110 Å². The summed E-state index contributed by atoms with van der Waals surface area (Å²) in [6, 6.07) is 1.72. The first kappa shape index (κ1) is 12.7. The third-order valence-corrected chi connectivity index (χ3v) is 3.29. The maximum atomic E-state index is 12.1. The van der Waals surface area contributed by atoms with Crippen molar-refractivity contribution in [2.75, 3.05) is 6.61 Å². The monoisotopic (exact) mass is 262 g/mol. The summed E-state index contributed by atoms with van der Waals surface area (Å²) in [6.07, 6.45) is 3.48. The summed E-state index contributed by atoms with van der Waals surface area (Å²) in [5.74, 6) is 0.636. The number of carbonyl (C=O) groups excluding carboxylic acids is 1. The summed E-state index contributed by atoms with van der Waals surface area (Å²) in [6.45, 7) is 4.37. The second kappa shape index (κ2) is 5.73. The van der Waals surface area contributed by atoms with Crippen molar-refractivity contribution >= 4 is 17.1 Å².